The predicted octanol–water partition coefficient (Wildman–Crippen LogP) is 4.53. The molecule has 0 spiro atoms. The molecule has 2 aromatic carbocycles. The van der Waals surface area contributed by atoms with E-state index in [1.165, 1.54) is 0 Å². The van der Waals surface area contributed by atoms with Crippen molar-refractivity contribution in [3.63, 3.8) is 0 Å². The number of benzene rings is 2. The van der Waals surface area contributed by atoms with Gasteiger partial charge in [0.25, 0.3) is 0 Å². The van der Waals surface area contributed by atoms with E-state index in [1.54, 1.807) is 24.4 Å². The Bertz CT molecular complexity index is 1490. The van der Waals surface area contributed by atoms with E-state index in [2.05, 4.69) is 0 Å². The van der Waals surface area contributed by atoms with Gasteiger partial charge in [0.2, 0.25) is 0 Å². The van der Waals surface area contributed by atoms with Gasteiger partial charge in [0, 0.05) is 30.1 Å². The summed E-state index contributed by atoms with van der Waals surface area (Å²) in [5, 5.41) is 29.4. The highest BCUT2D eigenvalue weighted by Gasteiger charge is 2.38. The number of carbonyl (C=O) groups excluding carboxylic acids is 1. The van der Waals surface area contributed by atoms with Crippen LogP contribution in [0, 0.1) is 10.8 Å². The van der Waals surface area contributed by atoms with Gasteiger partial charge in [0.1, 0.15) is 11.7 Å². The summed E-state index contributed by atoms with van der Waals surface area (Å²) in [6, 6.07) is 14.9. The van der Waals surface area contributed by atoms with Crippen LogP contribution in [-0.4, -0.2) is 62.8 Å². The van der Waals surface area contributed by atoms with Crippen LogP contribution in [0.3, 0.4) is 0 Å². The zero-order valence-electron chi connectivity index (χ0n) is 23.7. The number of carboxylic acids is 2. The molecule has 244 valence electrons. The van der Waals surface area contributed by atoms with Crippen molar-refractivity contribution in [3.05, 3.63) is 94.3 Å². The third-order valence-electron chi connectivity index (χ3n) is 5.27. The maximum atomic E-state index is 12.7. The van der Waals surface area contributed by atoms with Crippen LogP contribution < -0.4 is 11.5 Å². The Hall–Kier alpha value is -5.35. The SMILES string of the molecule is CC(C)OC(=O)c1cn(Cc2cccc(C(=N)N)c2)cc1Cc1ccc(C(=N)N)cc1.O=C(O)C(F)(F)F.O=C(O)C(F)(F)F. The Morgan fingerprint density at radius 1 is 0.822 bits per heavy atom. The number of nitrogens with zero attached hydrogens (tertiary/aromatic N) is 1. The van der Waals surface area contributed by atoms with Crippen LogP contribution in [0.15, 0.2) is 60.9 Å². The second-order valence-corrected chi connectivity index (χ2v) is 9.33. The molecule has 0 aliphatic heterocycles. The van der Waals surface area contributed by atoms with Gasteiger partial charge in [-0.15, -0.1) is 0 Å². The molecule has 3 aromatic rings. The monoisotopic (exact) mass is 645 g/mol. The van der Waals surface area contributed by atoms with Crippen molar-refractivity contribution in [1.29, 1.82) is 10.8 Å². The number of halogens is 6. The third kappa shape index (κ3) is 13.2. The quantitative estimate of drug-likeness (QED) is 0.0886. The maximum absolute atomic E-state index is 12.7. The molecule has 0 amide bonds. The molecular weight excluding hydrogens is 616 g/mol. The molecule has 11 nitrogen and oxygen atoms in total. The molecule has 8 N–H and O–H groups in total. The fourth-order valence-electron chi connectivity index (χ4n) is 3.32. The summed E-state index contributed by atoms with van der Waals surface area (Å²) in [5.74, 6) is -5.83. The summed E-state index contributed by atoms with van der Waals surface area (Å²) in [6.07, 6.45) is -6.10. The molecular formula is C28H29F6N5O6. The first-order valence-corrected chi connectivity index (χ1v) is 12.5. The minimum atomic E-state index is -5.08. The largest absolute Gasteiger partial charge is 0.490 e. The van der Waals surface area contributed by atoms with E-state index in [0.717, 1.165) is 16.7 Å². The minimum Gasteiger partial charge on any atom is -0.475 e. The van der Waals surface area contributed by atoms with E-state index in [9.17, 15) is 31.1 Å². The molecule has 0 fully saturated rings. The van der Waals surface area contributed by atoms with Crippen LogP contribution in [0.2, 0.25) is 0 Å². The number of carbonyl (C=O) groups is 3. The van der Waals surface area contributed by atoms with E-state index in [4.69, 9.17) is 46.8 Å². The lowest BCUT2D eigenvalue weighted by atomic mass is 10.0. The number of alkyl halides is 6. The molecule has 0 saturated carbocycles. The number of nitrogens with two attached hydrogens (primary N) is 2. The molecule has 0 aliphatic carbocycles. The number of hydrogen-bond donors (Lipinski definition) is 6. The first kappa shape index (κ1) is 37.7. The Kier molecular flexibility index (Phi) is 13.3. The van der Waals surface area contributed by atoms with E-state index in [0.29, 0.717) is 29.7 Å². The van der Waals surface area contributed by atoms with Gasteiger partial charge in [-0.25, -0.2) is 14.4 Å². The van der Waals surface area contributed by atoms with Gasteiger partial charge < -0.3 is 31.0 Å². The molecule has 1 aromatic heterocycles. The number of nitrogens with one attached hydrogen (secondary N) is 2. The van der Waals surface area contributed by atoms with Crippen molar-refractivity contribution >= 4 is 29.6 Å². The van der Waals surface area contributed by atoms with Gasteiger partial charge in [-0.2, -0.15) is 26.3 Å². The molecule has 0 radical (unpaired) electrons. The predicted molar refractivity (Wildman–Crippen MR) is 149 cm³/mol. The molecule has 17 heteroatoms. The van der Waals surface area contributed by atoms with Gasteiger partial charge in [-0.3, -0.25) is 10.8 Å². The number of amidine groups is 2. The molecule has 45 heavy (non-hydrogen) atoms. The number of ether oxygens (including phenoxy) is 1. The first-order valence-electron chi connectivity index (χ1n) is 12.5. The average Bonchev–Trinajstić information content (AvgIpc) is 3.30. The van der Waals surface area contributed by atoms with Crippen LogP contribution in [0.25, 0.3) is 0 Å². The topological polar surface area (TPSA) is 206 Å². The summed E-state index contributed by atoms with van der Waals surface area (Å²) in [5.41, 5.74) is 15.8. The lowest BCUT2D eigenvalue weighted by Gasteiger charge is -2.08. The Morgan fingerprint density at radius 2 is 1.31 bits per heavy atom. The summed E-state index contributed by atoms with van der Waals surface area (Å²) in [6.45, 7) is 4.18. The van der Waals surface area contributed by atoms with Gasteiger partial charge in [0.05, 0.1) is 11.7 Å². The van der Waals surface area contributed by atoms with Crippen LogP contribution in [0.1, 0.15) is 52.0 Å². The first-order chi connectivity index (χ1) is 20.6. The van der Waals surface area contributed by atoms with Crippen LogP contribution in [0.5, 0.6) is 0 Å². The third-order valence-corrected chi connectivity index (χ3v) is 5.27. The number of aliphatic carboxylic acids is 2. The number of esters is 1. The summed E-state index contributed by atoms with van der Waals surface area (Å²) >= 11 is 0. The average molecular weight is 646 g/mol. The highest BCUT2D eigenvalue weighted by Crippen LogP contribution is 2.20. The lowest BCUT2D eigenvalue weighted by molar-refractivity contribution is -0.193. The Morgan fingerprint density at radius 3 is 1.73 bits per heavy atom. The number of carboxylic acid groups (broad SMARTS) is 2. The standard InChI is InChI=1S/C24H27N5O2.2C2HF3O2/c1-15(2)31-24(30)21-14-29(12-17-4-3-5-19(11-17)23(27)28)13-20(21)10-16-6-8-18(9-7-16)22(25)26;2*3-2(4,5)1(6)7/h3-9,11,13-15H,10,12H2,1-2H3,(H3,25,26)(H3,27,28);2*(H,6,7). The van der Waals surface area contributed by atoms with Crippen molar-refractivity contribution in [2.75, 3.05) is 0 Å². The highest BCUT2D eigenvalue weighted by atomic mass is 19.4. The molecule has 0 bridgehead atoms. The van der Waals surface area contributed by atoms with Gasteiger partial charge >= 0.3 is 30.3 Å². The van der Waals surface area contributed by atoms with Crippen molar-refractivity contribution in [3.8, 4) is 0 Å². The fourth-order valence-corrected chi connectivity index (χ4v) is 3.32. The normalized spacial score (nSPS) is 11.0. The van der Waals surface area contributed by atoms with E-state index < -0.39 is 24.3 Å². The zero-order valence-corrected chi connectivity index (χ0v) is 23.7. The summed E-state index contributed by atoms with van der Waals surface area (Å²) in [4.78, 5) is 30.5. The van der Waals surface area contributed by atoms with Crippen LogP contribution in [0.4, 0.5) is 26.3 Å². The highest BCUT2D eigenvalue weighted by molar-refractivity contribution is 5.95. The van der Waals surface area contributed by atoms with E-state index >= 15 is 0 Å². The summed E-state index contributed by atoms with van der Waals surface area (Å²) in [7, 11) is 0. The number of rotatable bonds is 8. The number of nitrogen functional groups attached to an aromatic ring is 2. The van der Waals surface area contributed by atoms with Crippen LogP contribution >= 0.6 is 0 Å². The Labute approximate surface area is 252 Å². The van der Waals surface area contributed by atoms with Gasteiger partial charge in [-0.05, 0) is 43.0 Å². The Balaban J connectivity index is 0.000000601. The molecule has 0 saturated heterocycles. The molecule has 0 unspecified atom stereocenters. The molecule has 3 rings (SSSR count). The number of aromatic nitrogens is 1. The second-order valence-electron chi connectivity index (χ2n) is 9.33. The molecule has 0 aliphatic rings. The minimum absolute atomic E-state index is 0.0188. The molecule has 0 atom stereocenters. The van der Waals surface area contributed by atoms with Crippen molar-refractivity contribution < 1.29 is 55.7 Å². The smallest absolute Gasteiger partial charge is 0.475 e. The van der Waals surface area contributed by atoms with E-state index in [1.807, 2.05) is 54.9 Å². The van der Waals surface area contributed by atoms with Crippen molar-refractivity contribution in [1.82, 2.24) is 4.57 Å². The van der Waals surface area contributed by atoms with Gasteiger partial charge in [-0.1, -0.05) is 42.5 Å². The molecule has 1 heterocycles. The van der Waals surface area contributed by atoms with E-state index in [-0.39, 0.29) is 23.7 Å². The van der Waals surface area contributed by atoms with Crippen molar-refractivity contribution in [2.24, 2.45) is 11.5 Å². The zero-order chi connectivity index (χ0) is 34.7. The number of hydrogen-bond acceptors (Lipinski definition) is 6. The second kappa shape index (κ2) is 15.9. The fraction of sp³-hybridized carbons (Fsp3) is 0.250. The lowest BCUT2D eigenvalue weighted by Crippen LogP contribution is -2.21. The van der Waals surface area contributed by atoms with Gasteiger partial charge in [0.15, 0.2) is 0 Å². The van der Waals surface area contributed by atoms with Crippen molar-refractivity contribution in [2.45, 2.75) is 45.3 Å². The summed E-state index contributed by atoms with van der Waals surface area (Å²) < 4.78 is 70.8. The maximum Gasteiger partial charge on any atom is 0.490 e. The van der Waals surface area contributed by atoms with Crippen LogP contribution in [-0.2, 0) is 27.3 Å².